The van der Waals surface area contributed by atoms with Crippen molar-refractivity contribution in [3.63, 3.8) is 0 Å². The van der Waals surface area contributed by atoms with Crippen molar-refractivity contribution >= 4 is 39.5 Å². The van der Waals surface area contributed by atoms with Crippen LogP contribution in [-0.2, 0) is 4.79 Å². The number of amides is 1. The number of pyridine rings is 1. The van der Waals surface area contributed by atoms with Crippen LogP contribution in [0.2, 0.25) is 0 Å². The van der Waals surface area contributed by atoms with E-state index >= 15 is 8.78 Å². The molecular formula is C39H38F4N8O2. The lowest BCUT2D eigenvalue weighted by atomic mass is 9.95. The molecule has 5 aromatic rings. The molecule has 0 spiro atoms. The molecular weight excluding hydrogens is 688 g/mol. The van der Waals surface area contributed by atoms with Gasteiger partial charge in [-0.3, -0.25) is 14.7 Å². The average molecular weight is 727 g/mol. The van der Waals surface area contributed by atoms with E-state index < -0.39 is 29.2 Å². The van der Waals surface area contributed by atoms with Crippen LogP contribution in [0, 0.1) is 37.2 Å². The highest BCUT2D eigenvalue weighted by atomic mass is 19.2. The molecule has 6 heterocycles. The van der Waals surface area contributed by atoms with E-state index in [1.54, 1.807) is 30.0 Å². The monoisotopic (exact) mass is 726 g/mol. The van der Waals surface area contributed by atoms with E-state index in [1.165, 1.54) is 24.4 Å². The molecule has 3 fully saturated rings. The van der Waals surface area contributed by atoms with Crippen molar-refractivity contribution in [2.24, 2.45) is 5.92 Å². The van der Waals surface area contributed by atoms with Crippen molar-refractivity contribution in [3.05, 3.63) is 83.3 Å². The Hall–Kier alpha value is -5.24. The van der Waals surface area contributed by atoms with E-state index in [-0.39, 0.29) is 46.6 Å². The molecule has 1 amide bonds. The largest absolute Gasteiger partial charge is 0.461 e. The maximum atomic E-state index is 16.7. The minimum Gasteiger partial charge on any atom is -0.461 e. The normalized spacial score (nSPS) is 20.4. The second-order valence-corrected chi connectivity index (χ2v) is 14.4. The first-order valence-corrected chi connectivity index (χ1v) is 17.7. The van der Waals surface area contributed by atoms with Crippen molar-refractivity contribution in [3.8, 4) is 17.3 Å². The van der Waals surface area contributed by atoms with Gasteiger partial charge in [-0.15, -0.1) is 0 Å². The molecule has 274 valence electrons. The third-order valence-corrected chi connectivity index (χ3v) is 10.6. The number of carbonyl (C=O) groups is 1. The van der Waals surface area contributed by atoms with Gasteiger partial charge in [0.05, 0.1) is 16.6 Å². The Morgan fingerprint density at radius 2 is 1.89 bits per heavy atom. The van der Waals surface area contributed by atoms with Crippen LogP contribution in [0.25, 0.3) is 39.0 Å². The number of hydrogen-bond donors (Lipinski definition) is 0. The fourth-order valence-corrected chi connectivity index (χ4v) is 8.15. The van der Waals surface area contributed by atoms with Crippen LogP contribution in [0.1, 0.15) is 36.5 Å². The Balaban J connectivity index is 1.08. The van der Waals surface area contributed by atoms with Gasteiger partial charge in [0.2, 0.25) is 5.91 Å². The zero-order valence-electron chi connectivity index (χ0n) is 29.6. The number of fused-ring (bicyclic) bond motifs is 3. The highest BCUT2D eigenvalue weighted by Crippen LogP contribution is 2.41. The molecule has 14 heteroatoms. The lowest BCUT2D eigenvalue weighted by Gasteiger charge is -2.40. The molecule has 0 unspecified atom stereocenters. The first-order chi connectivity index (χ1) is 25.5. The van der Waals surface area contributed by atoms with E-state index in [2.05, 4.69) is 24.8 Å². The third-order valence-electron chi connectivity index (χ3n) is 10.6. The van der Waals surface area contributed by atoms with Gasteiger partial charge in [-0.05, 0) is 56.8 Å². The van der Waals surface area contributed by atoms with Crippen LogP contribution in [-0.4, -0.2) is 98.7 Å². The molecule has 0 bridgehead atoms. The second-order valence-electron chi connectivity index (χ2n) is 14.4. The maximum Gasteiger partial charge on any atom is 0.319 e. The van der Waals surface area contributed by atoms with E-state index in [4.69, 9.17) is 9.72 Å². The third kappa shape index (κ3) is 6.53. The molecule has 0 N–H and O–H groups in total. The van der Waals surface area contributed by atoms with Crippen LogP contribution in [0.3, 0.4) is 0 Å². The Kier molecular flexibility index (Phi) is 8.96. The van der Waals surface area contributed by atoms with Crippen molar-refractivity contribution in [1.29, 1.82) is 0 Å². The van der Waals surface area contributed by atoms with Crippen LogP contribution in [0.4, 0.5) is 23.4 Å². The summed E-state index contributed by atoms with van der Waals surface area (Å²) in [7, 11) is 1.81. The van der Waals surface area contributed by atoms with E-state index in [9.17, 15) is 13.6 Å². The van der Waals surface area contributed by atoms with Gasteiger partial charge >= 0.3 is 6.01 Å². The Bertz CT molecular complexity index is 2260. The second kappa shape index (κ2) is 13.6. The van der Waals surface area contributed by atoms with Gasteiger partial charge in [0.15, 0.2) is 17.5 Å². The quantitative estimate of drug-likeness (QED) is 0.129. The summed E-state index contributed by atoms with van der Waals surface area (Å²) in [5, 5.41) is 0.592. The first kappa shape index (κ1) is 34.8. The molecule has 8 rings (SSSR count). The summed E-state index contributed by atoms with van der Waals surface area (Å²) < 4.78 is 67.0. The molecule has 3 aromatic heterocycles. The summed E-state index contributed by atoms with van der Waals surface area (Å²) in [6.07, 6.45) is 5.68. The highest BCUT2D eigenvalue weighted by Gasteiger charge is 2.49. The highest BCUT2D eigenvalue weighted by molar-refractivity contribution is 5.99. The lowest BCUT2D eigenvalue weighted by Crippen LogP contribution is -2.53. The van der Waals surface area contributed by atoms with Crippen LogP contribution in [0.15, 0.2) is 48.7 Å². The first-order valence-electron chi connectivity index (χ1n) is 17.7. The van der Waals surface area contributed by atoms with Crippen molar-refractivity contribution in [2.75, 3.05) is 51.3 Å². The molecule has 3 saturated heterocycles. The van der Waals surface area contributed by atoms with Gasteiger partial charge in [0, 0.05) is 74.5 Å². The number of carbonyl (C=O) groups excluding carboxylic acids is 1. The summed E-state index contributed by atoms with van der Waals surface area (Å²) >= 11 is 0. The number of anilines is 1. The zero-order valence-corrected chi connectivity index (χ0v) is 29.6. The average Bonchev–Trinajstić information content (AvgIpc) is 3.64. The molecule has 10 nitrogen and oxygen atoms in total. The van der Waals surface area contributed by atoms with E-state index in [0.717, 1.165) is 31.1 Å². The van der Waals surface area contributed by atoms with Crippen molar-refractivity contribution in [1.82, 2.24) is 34.7 Å². The number of benzene rings is 2. The molecule has 2 aromatic carbocycles. The Labute approximate surface area is 303 Å². The van der Waals surface area contributed by atoms with Gasteiger partial charge in [-0.1, -0.05) is 24.3 Å². The van der Waals surface area contributed by atoms with Gasteiger partial charge < -0.3 is 14.5 Å². The van der Waals surface area contributed by atoms with Crippen LogP contribution < -0.4 is 9.64 Å². The van der Waals surface area contributed by atoms with Gasteiger partial charge in [-0.2, -0.15) is 9.97 Å². The molecule has 53 heavy (non-hydrogen) atoms. The topological polar surface area (TPSA) is 100 Å². The number of likely N-dealkylation sites (tertiary alicyclic amines) is 1. The standard InChI is InChI=1S/C39H38F4N8O2/c1-22-14-27(46-23(2)45-22)9-11-31(52)50-18-24(19-50)17-49(3)37-29-16-44-35(28-7-4-6-25-8-10-30(41)33(42)32(25)28)34(43)36(29)47-38(48-37)53-21-39-12-5-13-51(39)20-26(40)15-39/h4,6-11,14,16,24,26H,5,12-13,15,17-21H2,1-3H3/b11-9+/t26-,39+/m1/s1. The zero-order chi connectivity index (χ0) is 37.0. The number of ether oxygens (including phenoxy) is 1. The van der Waals surface area contributed by atoms with Gasteiger partial charge in [0.25, 0.3) is 0 Å². The number of alkyl halides is 1. The van der Waals surface area contributed by atoms with Crippen molar-refractivity contribution in [2.45, 2.75) is 44.8 Å². The molecule has 0 saturated carbocycles. The molecule has 0 aliphatic carbocycles. The Morgan fingerprint density at radius 1 is 1.06 bits per heavy atom. The number of rotatable bonds is 9. The van der Waals surface area contributed by atoms with Crippen LogP contribution >= 0.6 is 0 Å². The van der Waals surface area contributed by atoms with E-state index in [1.807, 2.05) is 24.9 Å². The molecule has 2 atom stereocenters. The maximum absolute atomic E-state index is 16.7. The van der Waals surface area contributed by atoms with Crippen molar-refractivity contribution < 1.29 is 27.1 Å². The lowest BCUT2D eigenvalue weighted by molar-refractivity contribution is -0.131. The predicted molar refractivity (Wildman–Crippen MR) is 193 cm³/mol. The van der Waals surface area contributed by atoms with Gasteiger partial charge in [-0.25, -0.2) is 27.5 Å². The minimum atomic E-state index is -1.10. The fraction of sp³-hybridized carbons (Fsp3) is 0.385. The Morgan fingerprint density at radius 3 is 2.70 bits per heavy atom. The minimum absolute atomic E-state index is 0.0774. The molecule has 3 aliphatic heterocycles. The smallest absolute Gasteiger partial charge is 0.319 e. The summed E-state index contributed by atoms with van der Waals surface area (Å²) in [4.78, 5) is 40.8. The summed E-state index contributed by atoms with van der Waals surface area (Å²) in [6, 6.07) is 8.91. The predicted octanol–water partition coefficient (Wildman–Crippen LogP) is 6.23. The summed E-state index contributed by atoms with van der Waals surface area (Å²) in [5.41, 5.74) is 0.770. The number of aromatic nitrogens is 5. The number of hydrogen-bond acceptors (Lipinski definition) is 9. The number of nitrogens with zero attached hydrogens (tertiary/aromatic N) is 8. The number of halogens is 4. The number of aryl methyl sites for hydroxylation is 2. The van der Waals surface area contributed by atoms with Gasteiger partial charge in [0.1, 0.15) is 35.6 Å². The SMILES string of the molecule is Cc1cc(/C=C/C(=O)N2CC(CN(C)c3nc(OC[C@@]45CCCN4C[C@H](F)C5)nc4c(F)c(-c5cccc6ccc(F)c(F)c56)ncc34)C2)nc(C)n1. The molecule has 0 radical (unpaired) electrons. The summed E-state index contributed by atoms with van der Waals surface area (Å²) in [6.45, 7) is 6.41. The summed E-state index contributed by atoms with van der Waals surface area (Å²) in [5.74, 6) is -2.05. The van der Waals surface area contributed by atoms with E-state index in [0.29, 0.717) is 60.7 Å². The fourth-order valence-electron chi connectivity index (χ4n) is 8.15. The molecule has 3 aliphatic rings. The van der Waals surface area contributed by atoms with Crippen LogP contribution in [0.5, 0.6) is 6.01 Å².